The number of fused-ring (bicyclic) bond motifs is 1. The second-order valence-corrected chi connectivity index (χ2v) is 10.8. The summed E-state index contributed by atoms with van der Waals surface area (Å²) in [7, 11) is 0. The van der Waals surface area contributed by atoms with Crippen molar-refractivity contribution in [3.05, 3.63) is 35.5 Å². The van der Waals surface area contributed by atoms with E-state index >= 15 is 0 Å². The lowest BCUT2D eigenvalue weighted by molar-refractivity contribution is -0.122. The number of rotatable bonds is 6. The van der Waals surface area contributed by atoms with Crippen LogP contribution in [0.25, 0.3) is 0 Å². The molecule has 0 aromatic rings. The molecule has 0 aromatic heterocycles. The van der Waals surface area contributed by atoms with Crippen LogP contribution in [0, 0.1) is 29.1 Å². The molecule has 3 saturated carbocycles. The predicted octanol–water partition coefficient (Wildman–Crippen LogP) is 5.77. The highest BCUT2D eigenvalue weighted by atomic mass is 16.3. The molecule has 6 atom stereocenters. The van der Waals surface area contributed by atoms with Gasteiger partial charge in [0.05, 0.1) is 12.2 Å². The summed E-state index contributed by atoms with van der Waals surface area (Å²) in [5.41, 5.74) is 3.62. The van der Waals surface area contributed by atoms with Gasteiger partial charge in [-0.05, 0) is 79.3 Å². The lowest BCUT2D eigenvalue weighted by atomic mass is 9.60. The van der Waals surface area contributed by atoms with Crippen molar-refractivity contribution in [2.75, 3.05) is 0 Å². The Labute approximate surface area is 183 Å². The van der Waals surface area contributed by atoms with Gasteiger partial charge in [-0.25, -0.2) is 0 Å². The topological polar surface area (TPSA) is 57.5 Å². The highest BCUT2D eigenvalue weighted by Crippen LogP contribution is 2.59. The fourth-order valence-corrected chi connectivity index (χ4v) is 6.54. The lowest BCUT2D eigenvalue weighted by Gasteiger charge is -2.44. The average Bonchev–Trinajstić information content (AvgIpc) is 3.04. The molecule has 3 aliphatic carbocycles. The van der Waals surface area contributed by atoms with E-state index in [1.165, 1.54) is 31.3 Å². The van der Waals surface area contributed by atoms with E-state index in [0.29, 0.717) is 41.8 Å². The van der Waals surface area contributed by atoms with Crippen LogP contribution in [0.4, 0.5) is 0 Å². The molecule has 0 saturated heterocycles. The summed E-state index contributed by atoms with van der Waals surface area (Å²) >= 11 is 0. The van der Waals surface area contributed by atoms with Crippen LogP contribution in [0.15, 0.2) is 35.5 Å². The molecule has 0 radical (unpaired) electrons. The quantitative estimate of drug-likeness (QED) is 0.580. The maximum atomic E-state index is 12.1. The van der Waals surface area contributed by atoms with Crippen LogP contribution in [-0.2, 0) is 4.79 Å². The number of ketones is 1. The standard InChI is InChI=1S/C27H42O3/c1-17(2)25(29)13-8-18(3)23-11-12-24-20(7-6-14-27(23,24)5)9-10-21-15-22(28)16-26(30)19(21)4/h9-10,17-18,22-24,26,28,30H,4,6-8,11-16H2,1-3,5H3/b20-9+,21-10+/t18-,22-,23?,24?,26-,27+/m0/s1. The molecule has 3 aliphatic rings. The molecule has 0 heterocycles. The van der Waals surface area contributed by atoms with E-state index in [2.05, 4.69) is 32.6 Å². The normalized spacial score (nSPS) is 38.3. The fourth-order valence-electron chi connectivity index (χ4n) is 6.54. The van der Waals surface area contributed by atoms with Gasteiger partial charge in [0.2, 0.25) is 0 Å². The van der Waals surface area contributed by atoms with Gasteiger partial charge in [-0.2, -0.15) is 0 Å². The monoisotopic (exact) mass is 414 g/mol. The summed E-state index contributed by atoms with van der Waals surface area (Å²) in [5, 5.41) is 20.2. The van der Waals surface area contributed by atoms with Crippen molar-refractivity contribution in [2.24, 2.45) is 29.1 Å². The number of carbonyl (C=O) groups is 1. The maximum absolute atomic E-state index is 12.1. The van der Waals surface area contributed by atoms with Gasteiger partial charge in [0.15, 0.2) is 0 Å². The summed E-state index contributed by atoms with van der Waals surface area (Å²) in [4.78, 5) is 12.1. The summed E-state index contributed by atoms with van der Waals surface area (Å²) in [6, 6.07) is 0. The molecule has 3 nitrogen and oxygen atoms in total. The third-order valence-electron chi connectivity index (χ3n) is 8.48. The van der Waals surface area contributed by atoms with Gasteiger partial charge < -0.3 is 10.2 Å². The predicted molar refractivity (Wildman–Crippen MR) is 123 cm³/mol. The third-order valence-corrected chi connectivity index (χ3v) is 8.48. The fraction of sp³-hybridized carbons (Fsp3) is 0.741. The molecule has 2 N–H and O–H groups in total. The third kappa shape index (κ3) is 4.83. The first-order chi connectivity index (χ1) is 14.1. The molecule has 3 rings (SSSR count). The Balaban J connectivity index is 1.72. The SMILES string of the molecule is C=C1/C(=C/C=C2\CCC[C@@]3(C)C2CCC3[C@@H](C)CCC(=O)C(C)C)C[C@H](O)C[C@@H]1O. The number of hydrogen-bond donors (Lipinski definition) is 2. The molecular weight excluding hydrogens is 372 g/mol. The molecule has 2 unspecified atom stereocenters. The Morgan fingerprint density at radius 2 is 1.97 bits per heavy atom. The molecule has 3 heteroatoms. The number of aliphatic hydroxyl groups excluding tert-OH is 2. The van der Waals surface area contributed by atoms with Crippen molar-refractivity contribution in [1.29, 1.82) is 0 Å². The van der Waals surface area contributed by atoms with E-state index in [4.69, 9.17) is 0 Å². The smallest absolute Gasteiger partial charge is 0.135 e. The van der Waals surface area contributed by atoms with E-state index in [-0.39, 0.29) is 5.92 Å². The Morgan fingerprint density at radius 3 is 2.67 bits per heavy atom. The summed E-state index contributed by atoms with van der Waals surface area (Å²) in [6.45, 7) is 12.9. The molecule has 0 spiro atoms. The van der Waals surface area contributed by atoms with Gasteiger partial charge in [-0.15, -0.1) is 0 Å². The second-order valence-electron chi connectivity index (χ2n) is 10.8. The minimum absolute atomic E-state index is 0.146. The Kier molecular flexibility index (Phi) is 7.45. The van der Waals surface area contributed by atoms with Crippen LogP contribution in [0.5, 0.6) is 0 Å². The highest BCUT2D eigenvalue weighted by molar-refractivity contribution is 5.80. The minimum Gasteiger partial charge on any atom is -0.393 e. The molecule has 0 amide bonds. The zero-order chi connectivity index (χ0) is 22.1. The largest absolute Gasteiger partial charge is 0.393 e. The molecule has 30 heavy (non-hydrogen) atoms. The molecule has 0 aliphatic heterocycles. The van der Waals surface area contributed by atoms with E-state index in [1.54, 1.807) is 0 Å². The Bertz CT molecular complexity index is 716. The van der Waals surface area contributed by atoms with Crippen LogP contribution in [0.3, 0.4) is 0 Å². The minimum atomic E-state index is -0.625. The molecular formula is C27H42O3. The first-order valence-electron chi connectivity index (χ1n) is 12.1. The van der Waals surface area contributed by atoms with Crippen LogP contribution in [0.1, 0.15) is 85.5 Å². The van der Waals surface area contributed by atoms with E-state index in [0.717, 1.165) is 30.4 Å². The van der Waals surface area contributed by atoms with E-state index in [9.17, 15) is 15.0 Å². The summed E-state index contributed by atoms with van der Waals surface area (Å²) in [5.74, 6) is 2.43. The van der Waals surface area contributed by atoms with Crippen molar-refractivity contribution in [2.45, 2.75) is 97.7 Å². The Hall–Kier alpha value is -1.19. The van der Waals surface area contributed by atoms with Crippen LogP contribution in [-0.4, -0.2) is 28.2 Å². The van der Waals surface area contributed by atoms with Crippen LogP contribution in [0.2, 0.25) is 0 Å². The molecule has 168 valence electrons. The van der Waals surface area contributed by atoms with Crippen molar-refractivity contribution < 1.29 is 15.0 Å². The Morgan fingerprint density at radius 1 is 1.23 bits per heavy atom. The number of allylic oxidation sites excluding steroid dienone is 3. The van der Waals surface area contributed by atoms with E-state index in [1.807, 2.05) is 13.8 Å². The van der Waals surface area contributed by atoms with Gasteiger partial charge in [0, 0.05) is 18.8 Å². The van der Waals surface area contributed by atoms with Gasteiger partial charge in [0.1, 0.15) is 5.78 Å². The van der Waals surface area contributed by atoms with Crippen LogP contribution >= 0.6 is 0 Å². The van der Waals surface area contributed by atoms with Gasteiger partial charge in [-0.1, -0.05) is 52.0 Å². The van der Waals surface area contributed by atoms with Crippen molar-refractivity contribution >= 4 is 5.78 Å². The van der Waals surface area contributed by atoms with Crippen molar-refractivity contribution in [3.63, 3.8) is 0 Å². The average molecular weight is 415 g/mol. The van der Waals surface area contributed by atoms with E-state index < -0.39 is 12.2 Å². The van der Waals surface area contributed by atoms with Gasteiger partial charge in [-0.3, -0.25) is 4.79 Å². The zero-order valence-electron chi connectivity index (χ0n) is 19.5. The molecule has 3 fully saturated rings. The first-order valence-corrected chi connectivity index (χ1v) is 12.1. The number of carbonyl (C=O) groups excluding carboxylic acids is 1. The summed E-state index contributed by atoms with van der Waals surface area (Å²) < 4.78 is 0. The molecule has 0 aromatic carbocycles. The summed E-state index contributed by atoms with van der Waals surface area (Å²) in [6.07, 6.45) is 12.2. The van der Waals surface area contributed by atoms with Gasteiger partial charge >= 0.3 is 0 Å². The number of hydrogen-bond acceptors (Lipinski definition) is 3. The van der Waals surface area contributed by atoms with Crippen molar-refractivity contribution in [3.8, 4) is 0 Å². The first kappa shape index (κ1) is 23.5. The molecule has 0 bridgehead atoms. The zero-order valence-corrected chi connectivity index (χ0v) is 19.5. The number of Topliss-reactive ketones (excluding diaryl/α,β-unsaturated/α-hetero) is 1. The van der Waals surface area contributed by atoms with Crippen molar-refractivity contribution in [1.82, 2.24) is 0 Å². The van der Waals surface area contributed by atoms with Crippen LogP contribution < -0.4 is 0 Å². The highest BCUT2D eigenvalue weighted by Gasteiger charge is 2.50. The second kappa shape index (κ2) is 9.53. The van der Waals surface area contributed by atoms with Gasteiger partial charge in [0.25, 0.3) is 0 Å². The maximum Gasteiger partial charge on any atom is 0.135 e. The lowest BCUT2D eigenvalue weighted by Crippen LogP contribution is -2.36. The number of aliphatic hydroxyl groups is 2.